The second-order valence-corrected chi connectivity index (χ2v) is 7.95. The number of anilines is 1. The average molecular weight is 376 g/mol. The van der Waals surface area contributed by atoms with Crippen LogP contribution >= 0.6 is 0 Å². The second-order valence-electron chi connectivity index (χ2n) is 7.95. The Morgan fingerprint density at radius 1 is 1.18 bits per heavy atom. The van der Waals surface area contributed by atoms with Crippen molar-refractivity contribution in [2.45, 2.75) is 58.4 Å². The molecule has 0 radical (unpaired) electrons. The molecule has 1 saturated carbocycles. The van der Waals surface area contributed by atoms with Crippen molar-refractivity contribution in [3.63, 3.8) is 0 Å². The topological polar surface area (TPSA) is 46.1 Å². The molecule has 2 aromatic rings. The molecule has 0 bridgehead atoms. The van der Waals surface area contributed by atoms with E-state index in [0.717, 1.165) is 23.6 Å². The maximum absolute atomic E-state index is 11.2. The van der Waals surface area contributed by atoms with Crippen molar-refractivity contribution in [3.05, 3.63) is 53.3 Å². The number of hydrogen-bond donors (Lipinski definition) is 0. The van der Waals surface area contributed by atoms with Crippen LogP contribution in [0.4, 0.5) is 5.95 Å². The van der Waals surface area contributed by atoms with E-state index in [9.17, 15) is 4.79 Å². The standard InChI is InChI=1S/C24H29N3O/c1-18(16-19(2)28)17-21-10-8-20(9-11-21)12-13-22-14-15-25-24(26-22)27(3)23-6-4-5-7-23/h8-11,14-15,18,23H,4-7,16-17H2,1-3H3. The SMILES string of the molecule is CC(=O)CC(C)Cc1ccc(C#Cc2ccnc(N(C)C3CCCC3)n2)cc1. The van der Waals surface area contributed by atoms with Crippen LogP contribution in [0.5, 0.6) is 0 Å². The highest BCUT2D eigenvalue weighted by molar-refractivity contribution is 5.75. The highest BCUT2D eigenvalue weighted by atomic mass is 16.1. The zero-order valence-electron chi connectivity index (χ0n) is 17.1. The molecule has 0 N–H and O–H groups in total. The van der Waals surface area contributed by atoms with E-state index in [1.165, 1.54) is 31.2 Å². The average Bonchev–Trinajstić information content (AvgIpc) is 3.21. The number of ketones is 1. The van der Waals surface area contributed by atoms with Crippen LogP contribution in [0.2, 0.25) is 0 Å². The molecule has 1 aliphatic rings. The van der Waals surface area contributed by atoms with Gasteiger partial charge in [0, 0.05) is 31.3 Å². The van der Waals surface area contributed by atoms with E-state index in [-0.39, 0.29) is 5.78 Å². The van der Waals surface area contributed by atoms with Crippen LogP contribution in [0.3, 0.4) is 0 Å². The van der Waals surface area contributed by atoms with Crippen LogP contribution < -0.4 is 4.90 Å². The first-order valence-electron chi connectivity index (χ1n) is 10.2. The van der Waals surface area contributed by atoms with E-state index in [2.05, 4.69) is 52.8 Å². The predicted octanol–water partition coefficient (Wildman–Crippen LogP) is 4.41. The summed E-state index contributed by atoms with van der Waals surface area (Å²) in [5, 5.41) is 0. The molecule has 1 heterocycles. The Kier molecular flexibility index (Phi) is 6.81. The molecule has 1 aliphatic carbocycles. The minimum atomic E-state index is 0.248. The van der Waals surface area contributed by atoms with Crippen molar-refractivity contribution in [3.8, 4) is 11.8 Å². The van der Waals surface area contributed by atoms with Gasteiger partial charge in [-0.3, -0.25) is 0 Å². The maximum atomic E-state index is 11.2. The van der Waals surface area contributed by atoms with E-state index in [1.54, 1.807) is 13.1 Å². The molecule has 4 heteroatoms. The van der Waals surface area contributed by atoms with Crippen molar-refractivity contribution < 1.29 is 4.79 Å². The van der Waals surface area contributed by atoms with E-state index >= 15 is 0 Å². The number of carbonyl (C=O) groups excluding carboxylic acids is 1. The first-order valence-corrected chi connectivity index (χ1v) is 10.2. The number of benzene rings is 1. The lowest BCUT2D eigenvalue weighted by atomic mass is 9.96. The highest BCUT2D eigenvalue weighted by Gasteiger charge is 2.21. The lowest BCUT2D eigenvalue weighted by molar-refractivity contribution is -0.117. The van der Waals surface area contributed by atoms with Crippen LogP contribution in [0, 0.1) is 17.8 Å². The number of rotatable bonds is 6. The van der Waals surface area contributed by atoms with Crippen LogP contribution in [0.15, 0.2) is 36.5 Å². The van der Waals surface area contributed by atoms with E-state index < -0.39 is 0 Å². The quantitative estimate of drug-likeness (QED) is 0.702. The summed E-state index contributed by atoms with van der Waals surface area (Å²) in [4.78, 5) is 22.5. The first-order chi connectivity index (χ1) is 13.5. The summed E-state index contributed by atoms with van der Waals surface area (Å²) >= 11 is 0. The normalized spacial score (nSPS) is 15.0. The lowest BCUT2D eigenvalue weighted by Gasteiger charge is -2.23. The fourth-order valence-electron chi connectivity index (χ4n) is 3.87. The summed E-state index contributed by atoms with van der Waals surface area (Å²) in [7, 11) is 2.08. The minimum Gasteiger partial charge on any atom is -0.341 e. The second kappa shape index (κ2) is 9.50. The molecule has 1 atom stereocenters. The predicted molar refractivity (Wildman–Crippen MR) is 113 cm³/mol. The van der Waals surface area contributed by atoms with E-state index in [1.807, 2.05) is 18.2 Å². The molecule has 28 heavy (non-hydrogen) atoms. The summed E-state index contributed by atoms with van der Waals surface area (Å²) in [6.45, 7) is 3.77. The summed E-state index contributed by atoms with van der Waals surface area (Å²) in [6, 6.07) is 10.7. The van der Waals surface area contributed by atoms with Gasteiger partial charge in [-0.15, -0.1) is 0 Å². The fourth-order valence-corrected chi connectivity index (χ4v) is 3.87. The first kappa shape index (κ1) is 20.1. The Morgan fingerprint density at radius 3 is 2.57 bits per heavy atom. The van der Waals surface area contributed by atoms with E-state index in [0.29, 0.717) is 18.4 Å². The molecule has 1 unspecified atom stereocenters. The van der Waals surface area contributed by atoms with Crippen molar-refractivity contribution in [1.82, 2.24) is 9.97 Å². The van der Waals surface area contributed by atoms with Crippen molar-refractivity contribution in [1.29, 1.82) is 0 Å². The molecule has 146 valence electrons. The summed E-state index contributed by atoms with van der Waals surface area (Å²) in [5.74, 6) is 7.73. The van der Waals surface area contributed by atoms with Crippen molar-refractivity contribution >= 4 is 11.7 Å². The van der Waals surface area contributed by atoms with Gasteiger partial charge in [0.15, 0.2) is 0 Å². The molecular formula is C24H29N3O. The Labute approximate surface area is 168 Å². The van der Waals surface area contributed by atoms with Gasteiger partial charge in [-0.25, -0.2) is 9.97 Å². The van der Waals surface area contributed by atoms with E-state index in [4.69, 9.17) is 0 Å². The number of carbonyl (C=O) groups is 1. The molecule has 4 nitrogen and oxygen atoms in total. The third-order valence-corrected chi connectivity index (χ3v) is 5.34. The summed E-state index contributed by atoms with van der Waals surface area (Å²) in [6.07, 6.45) is 8.34. The lowest BCUT2D eigenvalue weighted by Crippen LogP contribution is -2.30. The zero-order chi connectivity index (χ0) is 19.9. The number of hydrogen-bond acceptors (Lipinski definition) is 4. The Balaban J connectivity index is 1.64. The molecule has 1 fully saturated rings. The van der Waals surface area contributed by atoms with Gasteiger partial charge in [0.2, 0.25) is 5.95 Å². The number of nitrogens with zero attached hydrogens (tertiary/aromatic N) is 3. The molecule has 1 aromatic heterocycles. The highest BCUT2D eigenvalue weighted by Crippen LogP contribution is 2.24. The van der Waals surface area contributed by atoms with Crippen LogP contribution in [0.1, 0.15) is 62.8 Å². The largest absolute Gasteiger partial charge is 0.341 e. The molecule has 0 aliphatic heterocycles. The van der Waals surface area contributed by atoms with Crippen molar-refractivity contribution in [2.24, 2.45) is 5.92 Å². The monoisotopic (exact) mass is 375 g/mol. The van der Waals surface area contributed by atoms with Gasteiger partial charge in [-0.05, 0) is 61.8 Å². The third-order valence-electron chi connectivity index (χ3n) is 5.34. The molecule has 3 rings (SSSR count). The Hall–Kier alpha value is -2.67. The molecule has 1 aromatic carbocycles. The molecular weight excluding hydrogens is 346 g/mol. The smallest absolute Gasteiger partial charge is 0.226 e. The van der Waals surface area contributed by atoms with Crippen LogP contribution in [-0.4, -0.2) is 28.8 Å². The maximum Gasteiger partial charge on any atom is 0.226 e. The number of aromatic nitrogens is 2. The van der Waals surface area contributed by atoms with Gasteiger partial charge in [-0.1, -0.05) is 37.8 Å². The summed E-state index contributed by atoms with van der Waals surface area (Å²) < 4.78 is 0. The molecule has 0 spiro atoms. The van der Waals surface area contributed by atoms with Crippen LogP contribution in [0.25, 0.3) is 0 Å². The number of Topliss-reactive ketones (excluding diaryl/α,β-unsaturated/α-hetero) is 1. The summed E-state index contributed by atoms with van der Waals surface area (Å²) in [5.41, 5.74) is 2.95. The zero-order valence-corrected chi connectivity index (χ0v) is 17.1. The van der Waals surface area contributed by atoms with Gasteiger partial charge in [0.1, 0.15) is 11.5 Å². The molecule has 0 saturated heterocycles. The third kappa shape index (κ3) is 5.66. The van der Waals surface area contributed by atoms with Gasteiger partial charge in [0.05, 0.1) is 0 Å². The molecule has 0 amide bonds. The van der Waals surface area contributed by atoms with Gasteiger partial charge < -0.3 is 9.69 Å². The Bertz CT molecular complexity index is 857. The van der Waals surface area contributed by atoms with Crippen molar-refractivity contribution in [2.75, 3.05) is 11.9 Å². The Morgan fingerprint density at radius 2 is 1.89 bits per heavy atom. The van der Waals surface area contributed by atoms with Crippen LogP contribution in [-0.2, 0) is 11.2 Å². The fraction of sp³-hybridized carbons (Fsp3) is 0.458. The minimum absolute atomic E-state index is 0.248. The van der Waals surface area contributed by atoms with Gasteiger partial charge in [-0.2, -0.15) is 0 Å². The van der Waals surface area contributed by atoms with Gasteiger partial charge in [0.25, 0.3) is 0 Å². The van der Waals surface area contributed by atoms with Gasteiger partial charge >= 0.3 is 0 Å².